The maximum absolute atomic E-state index is 12.9. The van der Waals surface area contributed by atoms with E-state index in [0.29, 0.717) is 19.1 Å². The summed E-state index contributed by atoms with van der Waals surface area (Å²) >= 11 is 0. The molecule has 3 atom stereocenters. The number of piperidine rings is 1. The molecule has 0 aromatic heterocycles. The molecule has 6 heteroatoms. The summed E-state index contributed by atoms with van der Waals surface area (Å²) in [7, 11) is 0. The predicted molar refractivity (Wildman–Crippen MR) is 88.2 cm³/mol. The number of fused-ring (bicyclic) bond motifs is 1. The second-order valence-corrected chi connectivity index (χ2v) is 7.70. The molecule has 1 amide bonds. The van der Waals surface area contributed by atoms with Crippen molar-refractivity contribution in [3.05, 3.63) is 0 Å². The van der Waals surface area contributed by atoms with Gasteiger partial charge in [-0.25, -0.2) is 5.06 Å². The predicted octanol–water partition coefficient (Wildman–Crippen LogP) is 1.30. The Kier molecular flexibility index (Phi) is 5.37. The Bertz CT molecular complexity index is 435. The van der Waals surface area contributed by atoms with Crippen molar-refractivity contribution in [2.45, 2.75) is 38.2 Å². The third-order valence-corrected chi connectivity index (χ3v) is 6.13. The first-order valence-corrected chi connectivity index (χ1v) is 9.67. The van der Waals surface area contributed by atoms with E-state index in [-0.39, 0.29) is 17.9 Å². The Labute approximate surface area is 144 Å². The summed E-state index contributed by atoms with van der Waals surface area (Å²) in [5.41, 5.74) is 0. The lowest BCUT2D eigenvalue weighted by atomic mass is 9.78. The molecule has 4 heterocycles. The van der Waals surface area contributed by atoms with Gasteiger partial charge in [0.1, 0.15) is 0 Å². The van der Waals surface area contributed by atoms with Crippen LogP contribution in [0.15, 0.2) is 0 Å². The maximum atomic E-state index is 12.9. The van der Waals surface area contributed by atoms with Gasteiger partial charge in [-0.1, -0.05) is 0 Å². The van der Waals surface area contributed by atoms with Gasteiger partial charge >= 0.3 is 0 Å². The van der Waals surface area contributed by atoms with Gasteiger partial charge in [-0.05, 0) is 38.0 Å². The monoisotopic (exact) mass is 338 g/mol. The summed E-state index contributed by atoms with van der Waals surface area (Å²) in [5.74, 6) is 1.33. The number of likely N-dealkylation sites (tertiary alicyclic amines) is 1. The van der Waals surface area contributed by atoms with Gasteiger partial charge in [0.2, 0.25) is 5.91 Å². The highest BCUT2D eigenvalue weighted by atomic mass is 16.7. The highest BCUT2D eigenvalue weighted by Crippen LogP contribution is 2.35. The average molecular weight is 338 g/mol. The van der Waals surface area contributed by atoms with E-state index in [1.54, 1.807) is 5.06 Å². The fourth-order valence-corrected chi connectivity index (χ4v) is 4.76. The summed E-state index contributed by atoms with van der Waals surface area (Å²) in [6.45, 7) is 7.19. The van der Waals surface area contributed by atoms with Crippen LogP contribution in [0.4, 0.5) is 0 Å². The quantitative estimate of drug-likeness (QED) is 0.776. The molecule has 0 saturated carbocycles. The van der Waals surface area contributed by atoms with E-state index in [4.69, 9.17) is 14.3 Å². The number of carbonyl (C=O) groups excluding carboxylic acids is 1. The Morgan fingerprint density at radius 2 is 1.88 bits per heavy atom. The molecule has 6 nitrogen and oxygen atoms in total. The second-order valence-electron chi connectivity index (χ2n) is 7.70. The number of rotatable bonds is 3. The summed E-state index contributed by atoms with van der Waals surface area (Å²) < 4.78 is 11.5. The van der Waals surface area contributed by atoms with Crippen molar-refractivity contribution >= 4 is 5.91 Å². The van der Waals surface area contributed by atoms with Gasteiger partial charge in [0, 0.05) is 51.3 Å². The SMILES string of the molecule is O=C([C@@H]1CCO[C@@H]2CCN(CC3CCOCC3)C[C@H]21)N1CCCO1. The molecule has 0 N–H and O–H groups in total. The van der Waals surface area contributed by atoms with Crippen molar-refractivity contribution in [1.29, 1.82) is 0 Å². The molecule has 4 aliphatic rings. The van der Waals surface area contributed by atoms with Gasteiger partial charge in [0.15, 0.2) is 0 Å². The fraction of sp³-hybridized carbons (Fsp3) is 0.944. The number of carbonyl (C=O) groups is 1. The van der Waals surface area contributed by atoms with E-state index in [0.717, 1.165) is 64.6 Å². The fourth-order valence-electron chi connectivity index (χ4n) is 4.76. The van der Waals surface area contributed by atoms with Crippen LogP contribution in [-0.2, 0) is 19.1 Å². The largest absolute Gasteiger partial charge is 0.381 e. The van der Waals surface area contributed by atoms with Gasteiger partial charge in [0.25, 0.3) is 0 Å². The van der Waals surface area contributed by atoms with Crippen molar-refractivity contribution < 1.29 is 19.1 Å². The van der Waals surface area contributed by atoms with Gasteiger partial charge in [-0.2, -0.15) is 0 Å². The van der Waals surface area contributed by atoms with E-state index in [9.17, 15) is 4.79 Å². The normalized spacial score (nSPS) is 35.8. The van der Waals surface area contributed by atoms with Gasteiger partial charge in [-0.15, -0.1) is 0 Å². The topological polar surface area (TPSA) is 51.2 Å². The molecule has 0 aromatic rings. The van der Waals surface area contributed by atoms with E-state index >= 15 is 0 Å². The number of amides is 1. The summed E-state index contributed by atoms with van der Waals surface area (Å²) in [4.78, 5) is 20.9. The minimum atomic E-state index is 0.0688. The lowest BCUT2D eigenvalue weighted by Gasteiger charge is -2.45. The maximum Gasteiger partial charge on any atom is 0.249 e. The molecule has 0 aromatic carbocycles. The highest BCUT2D eigenvalue weighted by molar-refractivity contribution is 5.78. The Hall–Kier alpha value is -0.690. The molecule has 0 unspecified atom stereocenters. The third-order valence-electron chi connectivity index (χ3n) is 6.13. The number of hydrogen-bond donors (Lipinski definition) is 0. The molecule has 136 valence electrons. The smallest absolute Gasteiger partial charge is 0.249 e. The highest BCUT2D eigenvalue weighted by Gasteiger charge is 2.43. The van der Waals surface area contributed by atoms with E-state index in [1.165, 1.54) is 12.8 Å². The number of hydrogen-bond acceptors (Lipinski definition) is 5. The van der Waals surface area contributed by atoms with Crippen LogP contribution in [-0.4, -0.2) is 74.6 Å². The number of nitrogens with zero attached hydrogens (tertiary/aromatic N) is 2. The van der Waals surface area contributed by atoms with Gasteiger partial charge in [0.05, 0.1) is 19.3 Å². The molecular formula is C18H30N2O4. The van der Waals surface area contributed by atoms with Crippen LogP contribution in [0.3, 0.4) is 0 Å². The van der Waals surface area contributed by atoms with E-state index < -0.39 is 0 Å². The zero-order valence-electron chi connectivity index (χ0n) is 14.5. The van der Waals surface area contributed by atoms with Crippen LogP contribution in [0.1, 0.15) is 32.1 Å². The molecule has 4 rings (SSSR count). The molecular weight excluding hydrogens is 308 g/mol. The molecule has 24 heavy (non-hydrogen) atoms. The van der Waals surface area contributed by atoms with Crippen molar-refractivity contribution in [3.63, 3.8) is 0 Å². The van der Waals surface area contributed by atoms with Crippen LogP contribution < -0.4 is 0 Å². The van der Waals surface area contributed by atoms with Crippen molar-refractivity contribution in [2.24, 2.45) is 17.8 Å². The summed E-state index contributed by atoms with van der Waals surface area (Å²) in [6.07, 6.45) is 5.44. The average Bonchev–Trinajstić information content (AvgIpc) is 3.16. The van der Waals surface area contributed by atoms with Crippen molar-refractivity contribution in [1.82, 2.24) is 9.96 Å². The van der Waals surface area contributed by atoms with Crippen LogP contribution in [0.2, 0.25) is 0 Å². The lowest BCUT2D eigenvalue weighted by molar-refractivity contribution is -0.185. The Morgan fingerprint density at radius 1 is 1.00 bits per heavy atom. The molecule has 4 fully saturated rings. The third kappa shape index (κ3) is 3.62. The minimum absolute atomic E-state index is 0.0688. The Morgan fingerprint density at radius 3 is 2.67 bits per heavy atom. The Balaban J connectivity index is 1.38. The summed E-state index contributed by atoms with van der Waals surface area (Å²) in [5, 5.41) is 1.62. The van der Waals surface area contributed by atoms with E-state index in [1.807, 2.05) is 0 Å². The van der Waals surface area contributed by atoms with Gasteiger partial charge < -0.3 is 14.4 Å². The molecule has 0 spiro atoms. The van der Waals surface area contributed by atoms with Crippen molar-refractivity contribution in [3.8, 4) is 0 Å². The lowest BCUT2D eigenvalue weighted by Crippen LogP contribution is -2.54. The second kappa shape index (κ2) is 7.68. The summed E-state index contributed by atoms with van der Waals surface area (Å²) in [6, 6.07) is 0. The number of hydroxylamine groups is 2. The first-order valence-electron chi connectivity index (χ1n) is 9.67. The van der Waals surface area contributed by atoms with Crippen LogP contribution >= 0.6 is 0 Å². The minimum Gasteiger partial charge on any atom is -0.381 e. The van der Waals surface area contributed by atoms with Crippen LogP contribution in [0.25, 0.3) is 0 Å². The van der Waals surface area contributed by atoms with E-state index in [2.05, 4.69) is 4.90 Å². The van der Waals surface area contributed by atoms with Gasteiger partial charge in [-0.3, -0.25) is 9.63 Å². The first kappa shape index (κ1) is 16.8. The zero-order valence-corrected chi connectivity index (χ0v) is 14.5. The standard InChI is InChI=1S/C18H30N2O4/c21-18(20-6-1-8-24-20)15-5-11-23-17-2-7-19(13-16(15)17)12-14-3-9-22-10-4-14/h14-17H,1-13H2/t15-,16+,17-/m1/s1. The van der Waals surface area contributed by atoms with Crippen LogP contribution in [0, 0.1) is 17.8 Å². The first-order chi connectivity index (χ1) is 11.8. The number of ether oxygens (including phenoxy) is 2. The zero-order chi connectivity index (χ0) is 16.4. The molecule has 4 saturated heterocycles. The van der Waals surface area contributed by atoms with Crippen LogP contribution in [0.5, 0.6) is 0 Å². The molecule has 0 radical (unpaired) electrons. The molecule has 0 aliphatic carbocycles. The molecule has 4 aliphatic heterocycles. The van der Waals surface area contributed by atoms with Crippen molar-refractivity contribution in [2.75, 3.05) is 52.6 Å². The molecule has 0 bridgehead atoms.